The molecular formula is C21H27NO6. The second-order valence-corrected chi connectivity index (χ2v) is 7.92. The summed E-state index contributed by atoms with van der Waals surface area (Å²) in [5.74, 6) is -3.15. The summed E-state index contributed by atoms with van der Waals surface area (Å²) >= 11 is 0. The van der Waals surface area contributed by atoms with Gasteiger partial charge in [-0.1, -0.05) is 17.2 Å². The molecule has 7 nitrogen and oxygen atoms in total. The van der Waals surface area contributed by atoms with E-state index in [1.165, 1.54) is 19.1 Å². The van der Waals surface area contributed by atoms with E-state index in [2.05, 4.69) is 0 Å². The number of fused-ring (bicyclic) bond motifs is 3. The Kier molecular flexibility index (Phi) is 5.21. The first-order valence-electron chi connectivity index (χ1n) is 9.62. The highest BCUT2D eigenvalue weighted by molar-refractivity contribution is 6.06. The van der Waals surface area contributed by atoms with E-state index in [1.807, 2.05) is 19.9 Å². The first-order valence-corrected chi connectivity index (χ1v) is 9.62. The largest absolute Gasteiger partial charge is 0.468 e. The predicted octanol–water partition coefficient (Wildman–Crippen LogP) is 2.02. The van der Waals surface area contributed by atoms with Crippen LogP contribution in [0.4, 0.5) is 0 Å². The zero-order valence-corrected chi connectivity index (χ0v) is 17.0. The van der Waals surface area contributed by atoms with Crippen LogP contribution >= 0.6 is 0 Å². The number of ether oxygens (including phenoxy) is 2. The molecular weight excluding hydrogens is 362 g/mol. The van der Waals surface area contributed by atoms with Crippen molar-refractivity contribution >= 4 is 23.8 Å². The van der Waals surface area contributed by atoms with Crippen molar-refractivity contribution in [2.24, 2.45) is 23.2 Å². The van der Waals surface area contributed by atoms with E-state index in [9.17, 15) is 19.2 Å². The molecule has 1 heterocycles. The van der Waals surface area contributed by atoms with Gasteiger partial charge in [-0.25, -0.2) is 0 Å². The Morgan fingerprint density at radius 3 is 2.25 bits per heavy atom. The molecule has 0 aromatic rings. The van der Waals surface area contributed by atoms with Gasteiger partial charge in [-0.15, -0.1) is 0 Å². The summed E-state index contributed by atoms with van der Waals surface area (Å²) in [6.07, 6.45) is 2.60. The molecule has 0 N–H and O–H groups in total. The van der Waals surface area contributed by atoms with Crippen LogP contribution in [0.1, 0.15) is 40.0 Å². The number of hydrogen-bond acceptors (Lipinski definition) is 6. The Labute approximate surface area is 164 Å². The van der Waals surface area contributed by atoms with Crippen LogP contribution in [0.3, 0.4) is 0 Å². The number of carbonyl (C=O) groups is 4. The molecule has 152 valence electrons. The molecule has 1 saturated heterocycles. The van der Waals surface area contributed by atoms with E-state index in [1.54, 1.807) is 6.92 Å². The van der Waals surface area contributed by atoms with Gasteiger partial charge in [0.2, 0.25) is 11.8 Å². The van der Waals surface area contributed by atoms with Crippen LogP contribution in [0.25, 0.3) is 0 Å². The fourth-order valence-corrected chi connectivity index (χ4v) is 5.29. The van der Waals surface area contributed by atoms with Crippen LogP contribution in [0.5, 0.6) is 0 Å². The molecule has 0 unspecified atom stereocenters. The molecule has 7 heteroatoms. The van der Waals surface area contributed by atoms with Crippen LogP contribution in [-0.4, -0.2) is 49.4 Å². The Morgan fingerprint density at radius 2 is 1.71 bits per heavy atom. The third-order valence-corrected chi connectivity index (χ3v) is 6.58. The molecule has 2 aliphatic carbocycles. The number of amides is 2. The van der Waals surface area contributed by atoms with Gasteiger partial charge < -0.3 is 9.47 Å². The summed E-state index contributed by atoms with van der Waals surface area (Å²) < 4.78 is 9.94. The lowest BCUT2D eigenvalue weighted by Gasteiger charge is -2.37. The minimum absolute atomic E-state index is 0.0879. The van der Waals surface area contributed by atoms with E-state index in [0.717, 1.165) is 16.7 Å². The summed E-state index contributed by atoms with van der Waals surface area (Å²) in [7, 11) is 2.48. The number of likely N-dealkylation sites (tertiary alicyclic amines) is 1. The van der Waals surface area contributed by atoms with Gasteiger partial charge in [0.15, 0.2) is 5.41 Å². The highest BCUT2D eigenvalue weighted by atomic mass is 16.5. The van der Waals surface area contributed by atoms with Crippen molar-refractivity contribution in [3.05, 3.63) is 22.8 Å². The van der Waals surface area contributed by atoms with E-state index in [0.29, 0.717) is 13.0 Å². The number of esters is 2. The molecule has 28 heavy (non-hydrogen) atoms. The van der Waals surface area contributed by atoms with Gasteiger partial charge >= 0.3 is 11.9 Å². The van der Waals surface area contributed by atoms with Crippen molar-refractivity contribution in [3.63, 3.8) is 0 Å². The van der Waals surface area contributed by atoms with Gasteiger partial charge in [-0.05, 0) is 51.5 Å². The number of nitrogens with zero attached hydrogens (tertiary/aromatic N) is 1. The fourth-order valence-electron chi connectivity index (χ4n) is 5.29. The molecule has 0 saturated carbocycles. The second-order valence-electron chi connectivity index (χ2n) is 7.92. The maximum Gasteiger partial charge on any atom is 0.323 e. The van der Waals surface area contributed by atoms with Gasteiger partial charge in [0.05, 0.1) is 26.1 Å². The van der Waals surface area contributed by atoms with Crippen molar-refractivity contribution in [1.82, 2.24) is 4.90 Å². The molecule has 3 aliphatic rings. The zero-order valence-electron chi connectivity index (χ0n) is 17.0. The molecule has 0 spiro atoms. The molecule has 0 bridgehead atoms. The van der Waals surface area contributed by atoms with Crippen molar-refractivity contribution in [3.8, 4) is 0 Å². The smallest absolute Gasteiger partial charge is 0.323 e. The lowest BCUT2D eigenvalue weighted by atomic mass is 9.64. The lowest BCUT2D eigenvalue weighted by molar-refractivity contribution is -0.171. The zero-order chi connectivity index (χ0) is 20.8. The predicted molar refractivity (Wildman–Crippen MR) is 99.6 cm³/mol. The van der Waals surface area contributed by atoms with Crippen LogP contribution in [0, 0.1) is 23.2 Å². The van der Waals surface area contributed by atoms with Crippen LogP contribution in [0.15, 0.2) is 22.8 Å². The molecule has 0 radical (unpaired) electrons. The molecule has 1 aliphatic heterocycles. The fraction of sp³-hybridized carbons (Fsp3) is 0.619. The highest BCUT2D eigenvalue weighted by Gasteiger charge is 2.59. The summed E-state index contributed by atoms with van der Waals surface area (Å²) in [6, 6.07) is 0. The van der Waals surface area contributed by atoms with Crippen molar-refractivity contribution in [2.45, 2.75) is 40.0 Å². The van der Waals surface area contributed by atoms with Gasteiger partial charge in [0.25, 0.3) is 0 Å². The van der Waals surface area contributed by atoms with Gasteiger partial charge in [-0.3, -0.25) is 24.1 Å². The SMILES string of the molecule is CCN1C(=O)[C@H]2[C@H](CC(C)=C3C(C)=CCC(C(=O)OC)(C(=O)OC)C[C@H]32)C1=O. The average molecular weight is 389 g/mol. The number of methoxy groups -OCH3 is 2. The Morgan fingerprint density at radius 1 is 1.11 bits per heavy atom. The third-order valence-electron chi connectivity index (χ3n) is 6.58. The number of rotatable bonds is 3. The van der Waals surface area contributed by atoms with Gasteiger partial charge in [-0.2, -0.15) is 0 Å². The average Bonchev–Trinajstić information content (AvgIpc) is 2.82. The Hall–Kier alpha value is -2.44. The number of carbonyl (C=O) groups excluding carboxylic acids is 4. The molecule has 0 aromatic carbocycles. The summed E-state index contributed by atoms with van der Waals surface area (Å²) in [6.45, 7) is 5.99. The molecule has 2 amide bonds. The van der Waals surface area contributed by atoms with E-state index in [-0.39, 0.29) is 24.7 Å². The molecule has 1 fully saturated rings. The lowest BCUT2D eigenvalue weighted by Crippen LogP contribution is -2.45. The molecule has 0 aromatic heterocycles. The highest BCUT2D eigenvalue weighted by Crippen LogP contribution is 2.53. The van der Waals surface area contributed by atoms with Gasteiger partial charge in [0, 0.05) is 6.54 Å². The number of hydrogen-bond donors (Lipinski definition) is 0. The second kappa shape index (κ2) is 7.18. The monoisotopic (exact) mass is 389 g/mol. The van der Waals surface area contributed by atoms with Crippen molar-refractivity contribution in [1.29, 1.82) is 0 Å². The Balaban J connectivity index is 2.17. The van der Waals surface area contributed by atoms with E-state index < -0.39 is 35.1 Å². The molecule has 3 atom stereocenters. The standard InChI is InChI=1S/C21H27NO6/c1-6-22-17(23)13-9-12(3)15-11(2)7-8-21(19(25)27-4,20(26)28-5)10-14(15)16(13)18(22)24/h7,13-14,16H,6,8-10H2,1-5H3/t13-,14+,16-/m0/s1. The number of imide groups is 1. The van der Waals surface area contributed by atoms with Gasteiger partial charge in [0.1, 0.15) is 0 Å². The molecule has 3 rings (SSSR count). The quantitative estimate of drug-likeness (QED) is 0.417. The van der Waals surface area contributed by atoms with Crippen LogP contribution < -0.4 is 0 Å². The first-order chi connectivity index (χ1) is 13.2. The minimum atomic E-state index is -1.53. The topological polar surface area (TPSA) is 90.0 Å². The number of allylic oxidation sites excluding steroid dienone is 4. The summed E-state index contributed by atoms with van der Waals surface area (Å²) in [5.41, 5.74) is 1.42. The van der Waals surface area contributed by atoms with Crippen LogP contribution in [0.2, 0.25) is 0 Å². The maximum atomic E-state index is 13.1. The third kappa shape index (κ3) is 2.71. The maximum absolute atomic E-state index is 13.1. The van der Waals surface area contributed by atoms with Crippen molar-refractivity contribution < 1.29 is 28.7 Å². The van der Waals surface area contributed by atoms with E-state index in [4.69, 9.17) is 9.47 Å². The Bertz CT molecular complexity index is 792. The summed E-state index contributed by atoms with van der Waals surface area (Å²) in [5, 5.41) is 0. The first kappa shape index (κ1) is 20.3. The van der Waals surface area contributed by atoms with Crippen LogP contribution in [-0.2, 0) is 28.7 Å². The normalized spacial score (nSPS) is 29.0. The van der Waals surface area contributed by atoms with Crippen molar-refractivity contribution in [2.75, 3.05) is 20.8 Å². The minimum Gasteiger partial charge on any atom is -0.468 e. The van der Waals surface area contributed by atoms with E-state index >= 15 is 0 Å². The summed E-state index contributed by atoms with van der Waals surface area (Å²) in [4.78, 5) is 52.6.